The summed E-state index contributed by atoms with van der Waals surface area (Å²) in [5.41, 5.74) is 3.53. The Kier molecular flexibility index (Phi) is 6.10. The largest absolute Gasteiger partial charge is 0.476 e. The molecule has 0 radical (unpaired) electrons. The van der Waals surface area contributed by atoms with Crippen molar-refractivity contribution >= 4 is 34.2 Å². The van der Waals surface area contributed by atoms with E-state index in [1.165, 1.54) is 6.07 Å². The molecule has 2 N–H and O–H groups in total. The Morgan fingerprint density at radius 3 is 2.53 bits per heavy atom. The van der Waals surface area contributed by atoms with Crippen LogP contribution in [0.2, 0.25) is 5.15 Å². The maximum Gasteiger partial charge on any atom is 0.356 e. The first-order valence-electron chi connectivity index (χ1n) is 10.4. The fraction of sp³-hybridized carbons (Fsp3) is 0.154. The third kappa shape index (κ3) is 4.24. The second kappa shape index (κ2) is 9.00. The van der Waals surface area contributed by atoms with Gasteiger partial charge < -0.3 is 14.8 Å². The van der Waals surface area contributed by atoms with Crippen LogP contribution in [-0.2, 0) is 0 Å². The maximum atomic E-state index is 13.3. The topological polar surface area (TPSA) is 116 Å². The molecule has 2 aromatic carbocycles. The van der Waals surface area contributed by atoms with Crippen molar-refractivity contribution in [3.05, 3.63) is 91.9 Å². The van der Waals surface area contributed by atoms with Gasteiger partial charge >= 0.3 is 5.97 Å². The zero-order chi connectivity index (χ0) is 24.6. The van der Waals surface area contributed by atoms with E-state index in [0.29, 0.717) is 44.7 Å². The van der Waals surface area contributed by atoms with Crippen LogP contribution in [0.15, 0.2) is 57.7 Å². The molecule has 170 valence electrons. The van der Waals surface area contributed by atoms with E-state index in [2.05, 4.69) is 16.4 Å². The Hall–Kier alpha value is -4.15. The highest BCUT2D eigenvalue weighted by atomic mass is 35.5. The lowest BCUT2D eigenvalue weighted by Gasteiger charge is -2.19. The summed E-state index contributed by atoms with van der Waals surface area (Å²) in [5, 5.41) is 22.3. The van der Waals surface area contributed by atoms with E-state index in [-0.39, 0.29) is 16.3 Å². The highest BCUT2D eigenvalue weighted by Crippen LogP contribution is 2.32. The molecular weight excluding hydrogens is 454 g/mol. The second-order valence-corrected chi connectivity index (χ2v) is 8.39. The number of carboxylic acids is 1. The SMILES string of the molecule is Cc1cc([C@@H](C)Nc2ccc(Cl)nc2C(=O)O)c2oc(-c3ccc(C#N)cc3)c(C)c(=O)c2c1. The summed E-state index contributed by atoms with van der Waals surface area (Å²) < 4.78 is 6.30. The number of aryl methyl sites for hydroxylation is 1. The van der Waals surface area contributed by atoms with Crippen molar-refractivity contribution in [2.45, 2.75) is 26.8 Å². The summed E-state index contributed by atoms with van der Waals surface area (Å²) >= 11 is 5.87. The summed E-state index contributed by atoms with van der Waals surface area (Å²) in [4.78, 5) is 28.8. The molecule has 0 bridgehead atoms. The van der Waals surface area contributed by atoms with Gasteiger partial charge in [0.15, 0.2) is 11.1 Å². The minimum Gasteiger partial charge on any atom is -0.476 e. The molecule has 0 unspecified atom stereocenters. The molecule has 7 nitrogen and oxygen atoms in total. The summed E-state index contributed by atoms with van der Waals surface area (Å²) in [6.45, 7) is 5.43. The predicted molar refractivity (Wildman–Crippen MR) is 130 cm³/mol. The number of carbonyl (C=O) groups is 1. The highest BCUT2D eigenvalue weighted by molar-refractivity contribution is 6.29. The number of nitrogens with one attached hydrogen (secondary N) is 1. The third-order valence-corrected chi connectivity index (χ3v) is 5.78. The summed E-state index contributed by atoms with van der Waals surface area (Å²) in [7, 11) is 0. The van der Waals surface area contributed by atoms with Crippen molar-refractivity contribution in [2.75, 3.05) is 5.32 Å². The van der Waals surface area contributed by atoms with Gasteiger partial charge in [0.2, 0.25) is 0 Å². The van der Waals surface area contributed by atoms with E-state index in [1.54, 1.807) is 43.3 Å². The van der Waals surface area contributed by atoms with E-state index < -0.39 is 12.0 Å². The minimum atomic E-state index is -1.21. The quantitative estimate of drug-likeness (QED) is 0.348. The van der Waals surface area contributed by atoms with E-state index in [1.807, 2.05) is 19.9 Å². The number of benzene rings is 2. The monoisotopic (exact) mass is 473 g/mol. The van der Waals surface area contributed by atoms with Crippen LogP contribution in [0.25, 0.3) is 22.3 Å². The zero-order valence-electron chi connectivity index (χ0n) is 18.6. The Bertz CT molecular complexity index is 1540. The average Bonchev–Trinajstić information content (AvgIpc) is 2.82. The molecule has 0 saturated heterocycles. The Balaban J connectivity index is 1.88. The number of nitrogens with zero attached hydrogens (tertiary/aromatic N) is 2. The highest BCUT2D eigenvalue weighted by Gasteiger charge is 2.21. The van der Waals surface area contributed by atoms with Gasteiger partial charge in [-0.15, -0.1) is 0 Å². The number of nitriles is 1. The second-order valence-electron chi connectivity index (χ2n) is 8.01. The number of fused-ring (bicyclic) bond motifs is 1. The van der Waals surface area contributed by atoms with Crippen molar-refractivity contribution in [1.29, 1.82) is 5.26 Å². The molecular formula is C26H20ClN3O4. The lowest BCUT2D eigenvalue weighted by Crippen LogP contribution is -2.14. The van der Waals surface area contributed by atoms with Gasteiger partial charge in [0.25, 0.3) is 0 Å². The normalized spacial score (nSPS) is 11.7. The predicted octanol–water partition coefficient (Wildman–Crippen LogP) is 5.87. The van der Waals surface area contributed by atoms with Crippen LogP contribution in [0.5, 0.6) is 0 Å². The van der Waals surface area contributed by atoms with E-state index in [4.69, 9.17) is 21.3 Å². The first kappa shape index (κ1) is 23.0. The number of hydrogen-bond donors (Lipinski definition) is 2. The molecule has 34 heavy (non-hydrogen) atoms. The van der Waals surface area contributed by atoms with E-state index in [0.717, 1.165) is 5.56 Å². The van der Waals surface area contributed by atoms with Crippen molar-refractivity contribution in [3.8, 4) is 17.4 Å². The van der Waals surface area contributed by atoms with Gasteiger partial charge in [0, 0.05) is 16.7 Å². The molecule has 0 spiro atoms. The van der Waals surface area contributed by atoms with Gasteiger partial charge in [-0.05, 0) is 68.8 Å². The number of aromatic carboxylic acids is 1. The fourth-order valence-corrected chi connectivity index (χ4v) is 4.03. The Morgan fingerprint density at radius 1 is 1.18 bits per heavy atom. The Morgan fingerprint density at radius 2 is 1.88 bits per heavy atom. The van der Waals surface area contributed by atoms with Crippen LogP contribution in [0.1, 0.15) is 45.7 Å². The zero-order valence-corrected chi connectivity index (χ0v) is 19.4. The first-order chi connectivity index (χ1) is 16.2. The summed E-state index contributed by atoms with van der Waals surface area (Å²) in [5.74, 6) is -0.796. The molecule has 2 aromatic heterocycles. The lowest BCUT2D eigenvalue weighted by molar-refractivity contribution is 0.0691. The van der Waals surface area contributed by atoms with Crippen LogP contribution < -0.4 is 10.7 Å². The summed E-state index contributed by atoms with van der Waals surface area (Å²) in [6.07, 6.45) is 0. The standard InChI is InChI=1S/C26H20ClN3O4/c1-13-10-18(15(3)29-20-8-9-21(27)30-22(20)26(32)33)25-19(11-13)23(31)14(2)24(34-25)17-6-4-16(12-28)5-7-17/h4-11,15,29H,1-3H3,(H,32,33)/t15-/m1/s1. The minimum absolute atomic E-state index is 0.0742. The number of carboxylic acid groups (broad SMARTS) is 1. The molecule has 0 saturated carbocycles. The van der Waals surface area contributed by atoms with Crippen molar-refractivity contribution in [1.82, 2.24) is 4.98 Å². The van der Waals surface area contributed by atoms with Crippen LogP contribution in [0, 0.1) is 25.2 Å². The number of pyridine rings is 1. The molecule has 0 fully saturated rings. The van der Waals surface area contributed by atoms with Crippen LogP contribution in [0.3, 0.4) is 0 Å². The van der Waals surface area contributed by atoms with Gasteiger partial charge in [0.1, 0.15) is 16.5 Å². The molecule has 2 heterocycles. The smallest absolute Gasteiger partial charge is 0.356 e. The number of hydrogen-bond acceptors (Lipinski definition) is 6. The summed E-state index contributed by atoms with van der Waals surface area (Å²) in [6, 6.07) is 15.2. The molecule has 8 heteroatoms. The molecule has 0 aliphatic heterocycles. The van der Waals surface area contributed by atoms with Gasteiger partial charge in [0.05, 0.1) is 28.7 Å². The molecule has 1 atom stereocenters. The van der Waals surface area contributed by atoms with Crippen molar-refractivity contribution in [2.24, 2.45) is 0 Å². The van der Waals surface area contributed by atoms with Crippen molar-refractivity contribution < 1.29 is 14.3 Å². The first-order valence-corrected chi connectivity index (χ1v) is 10.8. The third-order valence-electron chi connectivity index (χ3n) is 5.57. The molecule has 4 rings (SSSR count). The number of anilines is 1. The van der Waals surface area contributed by atoms with Crippen molar-refractivity contribution in [3.63, 3.8) is 0 Å². The van der Waals surface area contributed by atoms with Gasteiger partial charge in [-0.3, -0.25) is 4.79 Å². The van der Waals surface area contributed by atoms with Gasteiger partial charge in [-0.2, -0.15) is 5.26 Å². The van der Waals surface area contributed by atoms with Crippen LogP contribution in [0.4, 0.5) is 5.69 Å². The molecule has 4 aromatic rings. The number of halogens is 1. The average molecular weight is 474 g/mol. The van der Waals surface area contributed by atoms with Gasteiger partial charge in [-0.25, -0.2) is 9.78 Å². The maximum absolute atomic E-state index is 13.3. The fourth-order valence-electron chi connectivity index (χ4n) is 3.89. The molecule has 0 aliphatic rings. The Labute approximate surface area is 200 Å². The van der Waals surface area contributed by atoms with Crippen LogP contribution >= 0.6 is 11.6 Å². The van der Waals surface area contributed by atoms with Gasteiger partial charge in [-0.1, -0.05) is 17.7 Å². The van der Waals surface area contributed by atoms with Crippen LogP contribution in [-0.4, -0.2) is 16.1 Å². The number of aromatic nitrogens is 1. The number of rotatable bonds is 5. The van der Waals surface area contributed by atoms with E-state index >= 15 is 0 Å². The van der Waals surface area contributed by atoms with E-state index in [9.17, 15) is 14.7 Å². The molecule has 0 amide bonds. The lowest BCUT2D eigenvalue weighted by atomic mass is 9.98. The molecule has 0 aliphatic carbocycles.